The molecule has 0 aromatic heterocycles. The first kappa shape index (κ1) is 27.7. The summed E-state index contributed by atoms with van der Waals surface area (Å²) in [6, 6.07) is 24.0. The number of hydrogen-bond donors (Lipinski definition) is 0. The van der Waals surface area contributed by atoms with Crippen LogP contribution in [0.5, 0.6) is 11.5 Å². The predicted octanol–water partition coefficient (Wildman–Crippen LogP) is 7.04. The lowest BCUT2D eigenvalue weighted by atomic mass is 10.0. The normalized spacial score (nSPS) is 10.7. The van der Waals surface area contributed by atoms with Gasteiger partial charge in [-0.15, -0.1) is 0 Å². The maximum Gasteiger partial charge on any atom is 0.330 e. The number of ether oxygens (including phenoxy) is 4. The molecule has 0 saturated heterocycles. The van der Waals surface area contributed by atoms with Gasteiger partial charge in [-0.05, 0) is 58.7 Å². The molecule has 0 aliphatic heterocycles. The molecule has 0 N–H and O–H groups in total. The molecule has 0 atom stereocenters. The van der Waals surface area contributed by atoms with Crippen molar-refractivity contribution in [2.24, 2.45) is 0 Å². The van der Waals surface area contributed by atoms with Gasteiger partial charge in [0.15, 0.2) is 0 Å². The molecule has 0 fully saturated rings. The molecule has 0 unspecified atom stereocenters. The molecule has 3 aromatic carbocycles. The zero-order valence-electron chi connectivity index (χ0n) is 21.1. The Bertz CT molecular complexity index is 1150. The average Bonchev–Trinajstić information content (AvgIpc) is 2.97. The number of carbonyl (C=O) groups excluding carboxylic acids is 2. The molecule has 0 aliphatic carbocycles. The van der Waals surface area contributed by atoms with Crippen LogP contribution >= 0.6 is 0 Å². The van der Waals surface area contributed by atoms with E-state index in [1.807, 2.05) is 48.5 Å². The van der Waals surface area contributed by atoms with Gasteiger partial charge in [-0.25, -0.2) is 9.59 Å². The van der Waals surface area contributed by atoms with Crippen molar-refractivity contribution in [3.05, 3.63) is 123 Å². The Hall–Kier alpha value is -4.84. The highest BCUT2D eigenvalue weighted by atomic mass is 16.5. The van der Waals surface area contributed by atoms with Crippen LogP contribution in [0, 0.1) is 0 Å². The van der Waals surface area contributed by atoms with Crippen LogP contribution in [0.25, 0.3) is 22.3 Å². The van der Waals surface area contributed by atoms with Crippen molar-refractivity contribution >= 4 is 11.9 Å². The van der Waals surface area contributed by atoms with Gasteiger partial charge in [0.05, 0.1) is 25.7 Å². The third kappa shape index (κ3) is 9.32. The van der Waals surface area contributed by atoms with E-state index in [1.165, 1.54) is 0 Å². The van der Waals surface area contributed by atoms with E-state index in [0.29, 0.717) is 12.8 Å². The Balaban J connectivity index is 1.47. The third-order valence-electron chi connectivity index (χ3n) is 5.25. The highest BCUT2D eigenvalue weighted by Crippen LogP contribution is 2.27. The molecule has 6 nitrogen and oxygen atoms in total. The summed E-state index contributed by atoms with van der Waals surface area (Å²) in [4.78, 5) is 22.0. The summed E-state index contributed by atoms with van der Waals surface area (Å²) in [5.74, 6) is 0.577. The first-order valence-electron chi connectivity index (χ1n) is 12.1. The van der Waals surface area contributed by atoms with E-state index >= 15 is 0 Å². The monoisotopic (exact) mass is 510 g/mol. The second-order valence-electron chi connectivity index (χ2n) is 7.93. The molecule has 0 amide bonds. The number of esters is 2. The number of carbonyl (C=O) groups is 2. The zero-order valence-corrected chi connectivity index (χ0v) is 21.1. The average molecular weight is 511 g/mol. The van der Waals surface area contributed by atoms with Gasteiger partial charge in [-0.3, -0.25) is 0 Å². The summed E-state index contributed by atoms with van der Waals surface area (Å²) in [6.07, 6.45) is 10.2. The fourth-order valence-corrected chi connectivity index (χ4v) is 3.27. The molecule has 0 saturated carbocycles. The Morgan fingerprint density at radius 1 is 0.553 bits per heavy atom. The molecule has 194 valence electrons. The van der Waals surface area contributed by atoms with E-state index < -0.39 is 11.9 Å². The molecular formula is C32H30O6. The number of hydrogen-bond acceptors (Lipinski definition) is 6. The van der Waals surface area contributed by atoms with E-state index in [9.17, 15) is 9.59 Å². The lowest BCUT2D eigenvalue weighted by molar-refractivity contribution is -0.138. The van der Waals surface area contributed by atoms with Crippen molar-refractivity contribution < 1.29 is 28.5 Å². The highest BCUT2D eigenvalue weighted by Gasteiger charge is 2.02. The summed E-state index contributed by atoms with van der Waals surface area (Å²) < 4.78 is 21.0. The second kappa shape index (κ2) is 15.3. The fraction of sp³-hybridized carbons (Fsp3) is 0.125. The van der Waals surface area contributed by atoms with E-state index in [1.54, 1.807) is 24.7 Å². The standard InChI is InChI=1S/C32H30O6/c1-3-31(33)37-23-7-5-21-35-29-17-13-27(14-18-29)25-9-11-26(12-10-25)28-15-19-30(20-16-28)36-22-6-8-24-38-32(34)4-2/h3-6,9-22H,1-2,7-8,23-24H2/b21-5+,22-6+. The predicted molar refractivity (Wildman–Crippen MR) is 148 cm³/mol. The summed E-state index contributed by atoms with van der Waals surface area (Å²) >= 11 is 0. The number of benzene rings is 3. The van der Waals surface area contributed by atoms with Crippen LogP contribution in [-0.2, 0) is 19.1 Å². The molecular weight excluding hydrogens is 480 g/mol. The SMILES string of the molecule is C=CC(=O)OCC/C=C/Oc1ccc(-c2ccc(-c3ccc(O/C=C/CCOC(=O)C=C)cc3)cc2)cc1. The van der Waals surface area contributed by atoms with Crippen LogP contribution in [0.3, 0.4) is 0 Å². The molecule has 3 aromatic rings. The van der Waals surface area contributed by atoms with Crippen LogP contribution in [0.2, 0.25) is 0 Å². The van der Waals surface area contributed by atoms with Crippen molar-refractivity contribution in [2.75, 3.05) is 13.2 Å². The molecule has 0 aliphatic rings. The summed E-state index contributed by atoms with van der Waals surface area (Å²) in [6.45, 7) is 7.27. The van der Waals surface area contributed by atoms with Crippen LogP contribution in [0.15, 0.2) is 123 Å². The van der Waals surface area contributed by atoms with Crippen LogP contribution in [0.4, 0.5) is 0 Å². The van der Waals surface area contributed by atoms with Gasteiger partial charge in [-0.2, -0.15) is 0 Å². The molecule has 0 radical (unpaired) electrons. The van der Waals surface area contributed by atoms with Crippen molar-refractivity contribution in [1.29, 1.82) is 0 Å². The maximum atomic E-state index is 11.0. The molecule has 3 rings (SSSR count). The van der Waals surface area contributed by atoms with Gasteiger partial charge >= 0.3 is 11.9 Å². The Morgan fingerprint density at radius 3 is 1.18 bits per heavy atom. The van der Waals surface area contributed by atoms with Crippen molar-refractivity contribution in [1.82, 2.24) is 0 Å². The Kier molecular flexibility index (Phi) is 11.2. The lowest BCUT2D eigenvalue weighted by Crippen LogP contribution is -2.00. The van der Waals surface area contributed by atoms with Gasteiger partial charge in [-0.1, -0.05) is 61.7 Å². The third-order valence-corrected chi connectivity index (χ3v) is 5.25. The van der Waals surface area contributed by atoms with Crippen molar-refractivity contribution in [3.63, 3.8) is 0 Å². The lowest BCUT2D eigenvalue weighted by Gasteiger charge is -2.07. The fourth-order valence-electron chi connectivity index (χ4n) is 3.27. The van der Waals surface area contributed by atoms with Gasteiger partial charge in [0.1, 0.15) is 11.5 Å². The molecule has 38 heavy (non-hydrogen) atoms. The van der Waals surface area contributed by atoms with Gasteiger partial charge in [0, 0.05) is 25.0 Å². The quantitative estimate of drug-likeness (QED) is 0.100. The van der Waals surface area contributed by atoms with Crippen LogP contribution < -0.4 is 9.47 Å². The Morgan fingerprint density at radius 2 is 0.868 bits per heavy atom. The Labute approximate surface area is 223 Å². The van der Waals surface area contributed by atoms with Gasteiger partial charge in [0.2, 0.25) is 0 Å². The maximum absolute atomic E-state index is 11.0. The first-order chi connectivity index (χ1) is 18.6. The highest BCUT2D eigenvalue weighted by molar-refractivity contribution is 5.81. The summed E-state index contributed by atoms with van der Waals surface area (Å²) in [5.41, 5.74) is 4.37. The van der Waals surface area contributed by atoms with Crippen LogP contribution in [0.1, 0.15) is 12.8 Å². The van der Waals surface area contributed by atoms with E-state index in [-0.39, 0.29) is 13.2 Å². The van der Waals surface area contributed by atoms with E-state index in [0.717, 1.165) is 45.9 Å². The largest absolute Gasteiger partial charge is 0.465 e. The van der Waals surface area contributed by atoms with Crippen LogP contribution in [-0.4, -0.2) is 25.2 Å². The van der Waals surface area contributed by atoms with Gasteiger partial charge < -0.3 is 18.9 Å². The molecule has 6 heteroatoms. The second-order valence-corrected chi connectivity index (χ2v) is 7.93. The van der Waals surface area contributed by atoms with E-state index in [2.05, 4.69) is 37.4 Å². The summed E-state index contributed by atoms with van der Waals surface area (Å²) in [5, 5.41) is 0. The van der Waals surface area contributed by atoms with Crippen molar-refractivity contribution in [2.45, 2.75) is 12.8 Å². The minimum absolute atomic E-state index is 0.285. The zero-order chi connectivity index (χ0) is 27.0. The minimum atomic E-state index is -0.432. The smallest absolute Gasteiger partial charge is 0.330 e. The van der Waals surface area contributed by atoms with Gasteiger partial charge in [0.25, 0.3) is 0 Å². The van der Waals surface area contributed by atoms with Crippen molar-refractivity contribution in [3.8, 4) is 33.8 Å². The minimum Gasteiger partial charge on any atom is -0.465 e. The number of rotatable bonds is 14. The molecule has 0 heterocycles. The topological polar surface area (TPSA) is 71.1 Å². The summed E-state index contributed by atoms with van der Waals surface area (Å²) in [7, 11) is 0. The van der Waals surface area contributed by atoms with E-state index in [4.69, 9.17) is 18.9 Å². The first-order valence-corrected chi connectivity index (χ1v) is 12.1. The molecule has 0 bridgehead atoms. The molecule has 0 spiro atoms.